The molecule has 2 heterocycles. The molecule has 1 aliphatic heterocycles. The molecule has 0 bridgehead atoms. The lowest BCUT2D eigenvalue weighted by Gasteiger charge is -2.19. The molecule has 1 aromatic heterocycles. The zero-order valence-electron chi connectivity index (χ0n) is 10.9. The molecule has 7 heteroatoms. The Hall–Kier alpha value is -2.47. The van der Waals surface area contributed by atoms with Gasteiger partial charge in [-0.25, -0.2) is 4.98 Å². The summed E-state index contributed by atoms with van der Waals surface area (Å²) in [7, 11) is 0. The quantitative estimate of drug-likeness (QED) is 0.889. The van der Waals surface area contributed by atoms with Crippen LogP contribution in [0.4, 0.5) is 11.4 Å². The number of nitrogen functional groups attached to an aromatic ring is 1. The van der Waals surface area contributed by atoms with Crippen molar-refractivity contribution in [1.29, 1.82) is 0 Å². The van der Waals surface area contributed by atoms with Crippen LogP contribution in [-0.4, -0.2) is 24.1 Å². The molecule has 108 valence electrons. The maximum absolute atomic E-state index is 12.1. The second-order valence-corrected chi connectivity index (χ2v) is 4.81. The van der Waals surface area contributed by atoms with Crippen molar-refractivity contribution in [2.75, 3.05) is 24.3 Å². The van der Waals surface area contributed by atoms with Crippen LogP contribution in [0.1, 0.15) is 10.5 Å². The monoisotopic (exact) mass is 305 g/mol. The maximum atomic E-state index is 12.1. The number of nitrogens with one attached hydrogen (secondary N) is 1. The Kier molecular flexibility index (Phi) is 3.53. The summed E-state index contributed by atoms with van der Waals surface area (Å²) in [5.41, 5.74) is 6.70. The molecule has 21 heavy (non-hydrogen) atoms. The molecule has 1 aromatic carbocycles. The Bertz CT molecular complexity index is 689. The highest BCUT2D eigenvalue weighted by Crippen LogP contribution is 2.38. The van der Waals surface area contributed by atoms with E-state index in [1.807, 2.05) is 0 Å². The fourth-order valence-electron chi connectivity index (χ4n) is 1.89. The predicted molar refractivity (Wildman–Crippen MR) is 79.0 cm³/mol. The van der Waals surface area contributed by atoms with Gasteiger partial charge < -0.3 is 20.5 Å². The van der Waals surface area contributed by atoms with E-state index in [-0.39, 0.29) is 11.6 Å². The number of carbonyl (C=O) groups excluding carboxylic acids is 1. The molecular weight excluding hydrogens is 294 g/mol. The summed E-state index contributed by atoms with van der Waals surface area (Å²) < 4.78 is 10.9. The van der Waals surface area contributed by atoms with Crippen LogP contribution in [0.5, 0.6) is 11.5 Å². The highest BCUT2D eigenvalue weighted by molar-refractivity contribution is 6.34. The summed E-state index contributed by atoms with van der Waals surface area (Å²) in [6.45, 7) is 0.936. The van der Waals surface area contributed by atoms with Crippen LogP contribution in [0.25, 0.3) is 0 Å². The standard InChI is InChI=1S/C14H12ClN3O3/c15-9-5-12-13(21-4-3-20-12)6-11(9)18-14(19)10-2-1-8(16)7-17-10/h1-2,5-7H,3-4,16H2,(H,18,19). The first-order valence-corrected chi connectivity index (χ1v) is 6.63. The van der Waals surface area contributed by atoms with Gasteiger partial charge in [-0.05, 0) is 12.1 Å². The van der Waals surface area contributed by atoms with Crippen molar-refractivity contribution in [2.45, 2.75) is 0 Å². The van der Waals surface area contributed by atoms with Crippen molar-refractivity contribution in [2.24, 2.45) is 0 Å². The second kappa shape index (κ2) is 5.49. The Labute approximate surface area is 125 Å². The first-order valence-electron chi connectivity index (χ1n) is 6.25. The zero-order valence-corrected chi connectivity index (χ0v) is 11.7. The third-order valence-corrected chi connectivity index (χ3v) is 3.21. The van der Waals surface area contributed by atoms with Crippen LogP contribution in [0.3, 0.4) is 0 Å². The lowest BCUT2D eigenvalue weighted by molar-refractivity contribution is 0.102. The van der Waals surface area contributed by atoms with Crippen LogP contribution < -0.4 is 20.5 Å². The fourth-order valence-corrected chi connectivity index (χ4v) is 2.09. The van der Waals surface area contributed by atoms with E-state index in [2.05, 4.69) is 10.3 Å². The number of fused-ring (bicyclic) bond motifs is 1. The van der Waals surface area contributed by atoms with Gasteiger partial charge in [-0.1, -0.05) is 11.6 Å². The number of ether oxygens (including phenoxy) is 2. The third kappa shape index (κ3) is 2.85. The Morgan fingerprint density at radius 2 is 1.95 bits per heavy atom. The van der Waals surface area contributed by atoms with Gasteiger partial charge in [0.1, 0.15) is 18.9 Å². The average molecular weight is 306 g/mol. The summed E-state index contributed by atoms with van der Waals surface area (Å²) in [6, 6.07) is 6.39. The van der Waals surface area contributed by atoms with E-state index in [0.717, 1.165) is 0 Å². The number of hydrogen-bond acceptors (Lipinski definition) is 5. The van der Waals surface area contributed by atoms with Crippen molar-refractivity contribution in [3.63, 3.8) is 0 Å². The molecule has 0 atom stereocenters. The molecule has 0 aliphatic carbocycles. The van der Waals surface area contributed by atoms with E-state index < -0.39 is 0 Å². The minimum atomic E-state index is -0.381. The summed E-state index contributed by atoms with van der Waals surface area (Å²) in [5.74, 6) is 0.731. The summed E-state index contributed by atoms with van der Waals surface area (Å²) in [4.78, 5) is 16.1. The molecule has 0 saturated heterocycles. The van der Waals surface area contributed by atoms with Crippen molar-refractivity contribution in [1.82, 2.24) is 4.98 Å². The number of nitrogens with zero attached hydrogens (tertiary/aromatic N) is 1. The van der Waals surface area contributed by atoms with Crippen molar-refractivity contribution < 1.29 is 14.3 Å². The minimum Gasteiger partial charge on any atom is -0.486 e. The predicted octanol–water partition coefficient (Wildman–Crippen LogP) is 2.34. The third-order valence-electron chi connectivity index (χ3n) is 2.90. The molecule has 0 spiro atoms. The topological polar surface area (TPSA) is 86.5 Å². The number of anilines is 2. The molecule has 0 fully saturated rings. The number of amides is 1. The molecule has 0 unspecified atom stereocenters. The van der Waals surface area contributed by atoms with Gasteiger partial charge in [0.05, 0.1) is 22.6 Å². The summed E-state index contributed by atoms with van der Waals surface area (Å²) in [6.07, 6.45) is 1.42. The van der Waals surface area contributed by atoms with E-state index in [1.54, 1.807) is 18.2 Å². The van der Waals surface area contributed by atoms with Crippen LogP contribution in [0.2, 0.25) is 5.02 Å². The van der Waals surface area contributed by atoms with Crippen LogP contribution >= 0.6 is 11.6 Å². The highest BCUT2D eigenvalue weighted by Gasteiger charge is 2.17. The van der Waals surface area contributed by atoms with Gasteiger partial charge in [-0.2, -0.15) is 0 Å². The average Bonchev–Trinajstić information content (AvgIpc) is 2.48. The van der Waals surface area contributed by atoms with E-state index in [4.69, 9.17) is 26.8 Å². The van der Waals surface area contributed by atoms with Crippen molar-refractivity contribution in [3.05, 3.63) is 41.2 Å². The van der Waals surface area contributed by atoms with E-state index in [1.165, 1.54) is 12.3 Å². The number of rotatable bonds is 2. The molecule has 3 N–H and O–H groups in total. The number of halogens is 1. The lowest BCUT2D eigenvalue weighted by atomic mass is 10.2. The summed E-state index contributed by atoms with van der Waals surface area (Å²) >= 11 is 6.13. The van der Waals surface area contributed by atoms with Gasteiger partial charge in [0, 0.05) is 12.1 Å². The van der Waals surface area contributed by atoms with Gasteiger partial charge in [0.15, 0.2) is 11.5 Å². The molecular formula is C14H12ClN3O3. The largest absolute Gasteiger partial charge is 0.486 e. The van der Waals surface area contributed by atoms with Crippen LogP contribution in [0, 0.1) is 0 Å². The van der Waals surface area contributed by atoms with E-state index in [9.17, 15) is 4.79 Å². The Morgan fingerprint density at radius 1 is 1.24 bits per heavy atom. The number of pyridine rings is 1. The van der Waals surface area contributed by atoms with Gasteiger partial charge in [-0.3, -0.25) is 4.79 Å². The molecule has 1 aliphatic rings. The van der Waals surface area contributed by atoms with Crippen LogP contribution in [0.15, 0.2) is 30.5 Å². The Morgan fingerprint density at radius 3 is 2.62 bits per heavy atom. The molecule has 2 aromatic rings. The SMILES string of the molecule is Nc1ccc(C(=O)Nc2cc3c(cc2Cl)OCCO3)nc1. The van der Waals surface area contributed by atoms with E-state index >= 15 is 0 Å². The van der Waals surface area contributed by atoms with Crippen molar-refractivity contribution in [3.8, 4) is 11.5 Å². The zero-order chi connectivity index (χ0) is 14.8. The number of hydrogen-bond donors (Lipinski definition) is 2. The van der Waals surface area contributed by atoms with E-state index in [0.29, 0.717) is 41.1 Å². The highest BCUT2D eigenvalue weighted by atomic mass is 35.5. The molecule has 0 radical (unpaired) electrons. The normalized spacial score (nSPS) is 12.8. The molecule has 6 nitrogen and oxygen atoms in total. The number of nitrogens with two attached hydrogens (primary N) is 1. The lowest BCUT2D eigenvalue weighted by Crippen LogP contribution is -2.17. The smallest absolute Gasteiger partial charge is 0.274 e. The number of benzene rings is 1. The van der Waals surface area contributed by atoms with Gasteiger partial charge in [0.2, 0.25) is 0 Å². The van der Waals surface area contributed by atoms with Gasteiger partial charge >= 0.3 is 0 Å². The van der Waals surface area contributed by atoms with Crippen LogP contribution in [-0.2, 0) is 0 Å². The minimum absolute atomic E-state index is 0.246. The first kappa shape index (κ1) is 13.5. The van der Waals surface area contributed by atoms with Gasteiger partial charge in [0.25, 0.3) is 5.91 Å². The maximum Gasteiger partial charge on any atom is 0.274 e. The number of aromatic nitrogens is 1. The van der Waals surface area contributed by atoms with Crippen molar-refractivity contribution >= 4 is 28.9 Å². The number of carbonyl (C=O) groups is 1. The molecule has 0 saturated carbocycles. The fraction of sp³-hybridized carbons (Fsp3) is 0.143. The Balaban J connectivity index is 1.84. The van der Waals surface area contributed by atoms with Gasteiger partial charge in [-0.15, -0.1) is 0 Å². The molecule has 1 amide bonds. The summed E-state index contributed by atoms with van der Waals surface area (Å²) in [5, 5.41) is 3.05. The first-order chi connectivity index (χ1) is 10.1. The second-order valence-electron chi connectivity index (χ2n) is 4.41. The molecule has 3 rings (SSSR count).